The molecular formula is C22H23NO4. The summed E-state index contributed by atoms with van der Waals surface area (Å²) in [5.41, 5.74) is 2.60. The molecule has 0 aliphatic rings. The van der Waals surface area contributed by atoms with E-state index in [1.165, 1.54) is 4.57 Å². The number of ether oxygens (including phenoxy) is 2. The number of nitrogens with zero attached hydrogens (tertiary/aromatic N) is 1. The molecule has 0 saturated heterocycles. The molecule has 0 fully saturated rings. The molecule has 0 N–H and O–H groups in total. The van der Waals surface area contributed by atoms with Crippen LogP contribution < -0.4 is 0 Å². The Hall–Kier alpha value is -3.08. The summed E-state index contributed by atoms with van der Waals surface area (Å²) in [4.78, 5) is 24.3. The van der Waals surface area contributed by atoms with Crippen molar-refractivity contribution in [2.24, 2.45) is 0 Å². The summed E-state index contributed by atoms with van der Waals surface area (Å²) in [7, 11) is 0. The summed E-state index contributed by atoms with van der Waals surface area (Å²) in [5.74, 6) is -0.337. The minimum atomic E-state index is -0.554. The van der Waals surface area contributed by atoms with Crippen LogP contribution in [0.2, 0.25) is 0 Å². The lowest BCUT2D eigenvalue weighted by Gasteiger charge is -2.19. The highest BCUT2D eigenvalue weighted by Crippen LogP contribution is 2.26. The SMILES string of the molecule is CCOC(=O)c1cccc(-c2ccc3c(ccn3C(=O)OC(C)(C)C)c2)c1. The summed E-state index contributed by atoms with van der Waals surface area (Å²) in [6.45, 7) is 7.64. The molecule has 0 aliphatic heterocycles. The van der Waals surface area contributed by atoms with Gasteiger partial charge in [-0.3, -0.25) is 4.57 Å². The normalized spacial score (nSPS) is 11.4. The van der Waals surface area contributed by atoms with Gasteiger partial charge in [0.25, 0.3) is 0 Å². The van der Waals surface area contributed by atoms with Gasteiger partial charge in [-0.15, -0.1) is 0 Å². The van der Waals surface area contributed by atoms with Crippen molar-refractivity contribution in [1.82, 2.24) is 4.57 Å². The molecule has 5 nitrogen and oxygen atoms in total. The second kappa shape index (κ2) is 7.27. The van der Waals surface area contributed by atoms with Crippen molar-refractivity contribution in [3.8, 4) is 11.1 Å². The first-order valence-electron chi connectivity index (χ1n) is 8.90. The van der Waals surface area contributed by atoms with Crippen LogP contribution in [0.25, 0.3) is 22.0 Å². The van der Waals surface area contributed by atoms with Crippen LogP contribution in [0.15, 0.2) is 54.7 Å². The Labute approximate surface area is 158 Å². The Morgan fingerprint density at radius 3 is 2.44 bits per heavy atom. The maximum absolute atomic E-state index is 12.4. The zero-order valence-electron chi connectivity index (χ0n) is 16.0. The van der Waals surface area contributed by atoms with E-state index in [-0.39, 0.29) is 5.97 Å². The predicted octanol–water partition coefficient (Wildman–Crippen LogP) is 5.27. The van der Waals surface area contributed by atoms with Gasteiger partial charge in [0.15, 0.2) is 0 Å². The van der Waals surface area contributed by atoms with E-state index in [9.17, 15) is 9.59 Å². The van der Waals surface area contributed by atoms with Gasteiger partial charge in [-0.25, -0.2) is 9.59 Å². The predicted molar refractivity (Wildman–Crippen MR) is 105 cm³/mol. The van der Waals surface area contributed by atoms with Crippen LogP contribution in [-0.4, -0.2) is 28.8 Å². The van der Waals surface area contributed by atoms with Gasteiger partial charge in [0.1, 0.15) is 5.60 Å². The van der Waals surface area contributed by atoms with Crippen LogP contribution in [0.5, 0.6) is 0 Å². The van der Waals surface area contributed by atoms with Crippen LogP contribution in [0.1, 0.15) is 38.1 Å². The number of esters is 1. The molecule has 1 aromatic heterocycles. The number of rotatable bonds is 3. The Morgan fingerprint density at radius 1 is 1.00 bits per heavy atom. The monoisotopic (exact) mass is 365 g/mol. The van der Waals surface area contributed by atoms with Gasteiger partial charge in [0, 0.05) is 11.6 Å². The molecule has 0 amide bonds. The molecule has 0 aliphatic carbocycles. The molecule has 0 unspecified atom stereocenters. The molecule has 0 bridgehead atoms. The highest BCUT2D eigenvalue weighted by atomic mass is 16.6. The van der Waals surface area contributed by atoms with Gasteiger partial charge in [-0.1, -0.05) is 18.2 Å². The lowest BCUT2D eigenvalue weighted by Crippen LogP contribution is -2.26. The number of hydrogen-bond acceptors (Lipinski definition) is 4. The zero-order valence-corrected chi connectivity index (χ0v) is 16.0. The zero-order chi connectivity index (χ0) is 19.6. The summed E-state index contributed by atoms with van der Waals surface area (Å²) in [6, 6.07) is 15.0. The van der Waals surface area contributed by atoms with Crippen LogP contribution in [0.4, 0.5) is 4.79 Å². The van der Waals surface area contributed by atoms with E-state index >= 15 is 0 Å². The number of benzene rings is 2. The van der Waals surface area contributed by atoms with E-state index < -0.39 is 11.7 Å². The van der Waals surface area contributed by atoms with E-state index in [4.69, 9.17) is 9.47 Å². The van der Waals surface area contributed by atoms with Crippen molar-refractivity contribution >= 4 is 23.0 Å². The fourth-order valence-corrected chi connectivity index (χ4v) is 2.83. The molecule has 3 rings (SSSR count). The number of aromatic nitrogens is 1. The Morgan fingerprint density at radius 2 is 1.74 bits per heavy atom. The van der Waals surface area contributed by atoms with Gasteiger partial charge < -0.3 is 9.47 Å². The molecule has 27 heavy (non-hydrogen) atoms. The van der Waals surface area contributed by atoms with E-state index in [1.54, 1.807) is 19.2 Å². The van der Waals surface area contributed by atoms with E-state index in [0.717, 1.165) is 22.0 Å². The number of carbonyl (C=O) groups is 2. The van der Waals surface area contributed by atoms with E-state index in [2.05, 4.69) is 0 Å². The number of carbonyl (C=O) groups excluding carboxylic acids is 2. The molecule has 0 saturated carbocycles. The molecule has 0 radical (unpaired) electrons. The first-order chi connectivity index (χ1) is 12.8. The third-order valence-corrected chi connectivity index (χ3v) is 3.99. The van der Waals surface area contributed by atoms with Crippen molar-refractivity contribution in [1.29, 1.82) is 0 Å². The van der Waals surface area contributed by atoms with Crippen LogP contribution in [0.3, 0.4) is 0 Å². The molecular weight excluding hydrogens is 342 g/mol. The third-order valence-electron chi connectivity index (χ3n) is 3.99. The molecule has 3 aromatic rings. The molecule has 0 atom stereocenters. The summed E-state index contributed by atoms with van der Waals surface area (Å²) >= 11 is 0. The van der Waals surface area contributed by atoms with E-state index in [0.29, 0.717) is 12.2 Å². The second-order valence-corrected chi connectivity index (χ2v) is 7.24. The smallest absolute Gasteiger partial charge is 0.418 e. The summed E-state index contributed by atoms with van der Waals surface area (Å²) in [6.07, 6.45) is 1.30. The fraction of sp³-hybridized carbons (Fsp3) is 0.273. The van der Waals surface area contributed by atoms with Crippen molar-refractivity contribution in [3.63, 3.8) is 0 Å². The van der Waals surface area contributed by atoms with Crippen molar-refractivity contribution < 1.29 is 19.1 Å². The topological polar surface area (TPSA) is 57.5 Å². The molecule has 2 aromatic carbocycles. The standard InChI is InChI=1S/C22H23NO4/c1-5-26-20(24)18-8-6-7-15(14-18)16-9-10-19-17(13-16)11-12-23(19)21(25)27-22(2,3)4/h6-14H,5H2,1-4H3. The summed E-state index contributed by atoms with van der Waals surface area (Å²) in [5, 5.41) is 0.917. The maximum atomic E-state index is 12.4. The highest BCUT2D eigenvalue weighted by Gasteiger charge is 2.19. The van der Waals surface area contributed by atoms with Gasteiger partial charge in [0.2, 0.25) is 0 Å². The van der Waals surface area contributed by atoms with Crippen molar-refractivity contribution in [3.05, 3.63) is 60.3 Å². The Balaban J connectivity index is 1.94. The lowest BCUT2D eigenvalue weighted by atomic mass is 10.0. The minimum absolute atomic E-state index is 0.337. The van der Waals surface area contributed by atoms with Crippen LogP contribution in [0, 0.1) is 0 Å². The van der Waals surface area contributed by atoms with Gasteiger partial charge in [-0.05, 0) is 69.2 Å². The molecule has 1 heterocycles. The fourth-order valence-electron chi connectivity index (χ4n) is 2.83. The average molecular weight is 365 g/mol. The van der Waals surface area contributed by atoms with Gasteiger partial charge in [-0.2, -0.15) is 0 Å². The number of hydrogen-bond donors (Lipinski definition) is 0. The lowest BCUT2D eigenvalue weighted by molar-refractivity contribution is 0.0521. The quantitative estimate of drug-likeness (QED) is 0.594. The second-order valence-electron chi connectivity index (χ2n) is 7.24. The first kappa shape index (κ1) is 18.7. The largest absolute Gasteiger partial charge is 0.462 e. The maximum Gasteiger partial charge on any atom is 0.418 e. The minimum Gasteiger partial charge on any atom is -0.462 e. The first-order valence-corrected chi connectivity index (χ1v) is 8.90. The number of fused-ring (bicyclic) bond motifs is 1. The molecule has 5 heteroatoms. The van der Waals surface area contributed by atoms with Gasteiger partial charge in [0.05, 0.1) is 17.7 Å². The Bertz CT molecular complexity index is 995. The highest BCUT2D eigenvalue weighted by molar-refractivity contribution is 5.94. The van der Waals surface area contributed by atoms with Crippen LogP contribution in [-0.2, 0) is 9.47 Å². The van der Waals surface area contributed by atoms with E-state index in [1.807, 2.05) is 63.2 Å². The molecule has 0 spiro atoms. The average Bonchev–Trinajstić information content (AvgIpc) is 3.04. The Kier molecular flexibility index (Phi) is 5.04. The summed E-state index contributed by atoms with van der Waals surface area (Å²) < 4.78 is 12.0. The third kappa shape index (κ3) is 4.19. The van der Waals surface area contributed by atoms with Crippen molar-refractivity contribution in [2.45, 2.75) is 33.3 Å². The van der Waals surface area contributed by atoms with Gasteiger partial charge >= 0.3 is 12.1 Å². The van der Waals surface area contributed by atoms with Crippen molar-refractivity contribution in [2.75, 3.05) is 6.61 Å². The van der Waals surface area contributed by atoms with Crippen LogP contribution >= 0.6 is 0 Å². The molecule has 140 valence electrons.